The number of sulfone groups is 1. The van der Waals surface area contributed by atoms with Gasteiger partial charge in [-0.2, -0.15) is 26.3 Å². The fraction of sp³-hybridized carbons (Fsp3) is 0.294. The number of aromatic nitrogens is 3. The van der Waals surface area contributed by atoms with Crippen LogP contribution in [0.5, 0.6) is 0 Å². The summed E-state index contributed by atoms with van der Waals surface area (Å²) < 4.78 is 105. The molecule has 0 N–H and O–H groups in total. The molecule has 0 fully saturated rings. The van der Waals surface area contributed by atoms with E-state index < -0.39 is 26.4 Å². The molecule has 15 heteroatoms. The van der Waals surface area contributed by atoms with Crippen molar-refractivity contribution >= 4 is 64.8 Å². The monoisotopic (exact) mass is 531 g/mol. The zero-order valence-corrected chi connectivity index (χ0v) is 19.3. The largest absolute Gasteiger partial charge is 0.446 e. The number of thiophene rings is 2. The van der Waals surface area contributed by atoms with E-state index in [4.69, 9.17) is 0 Å². The minimum atomic E-state index is -4.62. The van der Waals surface area contributed by atoms with E-state index in [0.29, 0.717) is 11.3 Å². The van der Waals surface area contributed by atoms with Gasteiger partial charge in [0.05, 0.1) is 15.3 Å². The van der Waals surface area contributed by atoms with Crippen molar-refractivity contribution < 1.29 is 34.8 Å². The standard InChI is InChI=1S/C17H11F6N3O2S4/c1-3-32(27,28)13-11-9(5-10(30-11)16(18,19)20)29-12(13)15-25-8-4-7(31-17(21,22)23)6-24-14(8)26(15)2/h4-6H,3H2,1-2H3. The Morgan fingerprint density at radius 3 is 2.41 bits per heavy atom. The molecule has 0 unspecified atom stereocenters. The van der Waals surface area contributed by atoms with Gasteiger partial charge in [0, 0.05) is 22.8 Å². The van der Waals surface area contributed by atoms with Crippen LogP contribution in [0.15, 0.2) is 28.1 Å². The van der Waals surface area contributed by atoms with Crippen LogP contribution in [-0.2, 0) is 23.1 Å². The highest BCUT2D eigenvalue weighted by molar-refractivity contribution is 8.00. The normalized spacial score (nSPS) is 13.5. The molecule has 0 saturated heterocycles. The third kappa shape index (κ3) is 4.10. The minimum Gasteiger partial charge on any atom is -0.311 e. The quantitative estimate of drug-likeness (QED) is 0.227. The molecule has 0 aromatic carbocycles. The molecular weight excluding hydrogens is 520 g/mol. The van der Waals surface area contributed by atoms with Gasteiger partial charge in [-0.15, -0.1) is 22.7 Å². The topological polar surface area (TPSA) is 64.8 Å². The minimum absolute atomic E-state index is 0.0208. The van der Waals surface area contributed by atoms with E-state index in [9.17, 15) is 34.8 Å². The maximum absolute atomic E-state index is 13.2. The fourth-order valence-corrected chi connectivity index (χ4v) is 8.02. The van der Waals surface area contributed by atoms with Crippen LogP contribution in [0.4, 0.5) is 26.3 Å². The Morgan fingerprint density at radius 2 is 1.81 bits per heavy atom. The van der Waals surface area contributed by atoms with Gasteiger partial charge in [-0.05, 0) is 23.9 Å². The van der Waals surface area contributed by atoms with Crippen LogP contribution in [-0.4, -0.2) is 34.2 Å². The van der Waals surface area contributed by atoms with Gasteiger partial charge in [0.2, 0.25) is 0 Å². The van der Waals surface area contributed by atoms with E-state index in [-0.39, 0.29) is 58.6 Å². The van der Waals surface area contributed by atoms with Gasteiger partial charge in [-0.3, -0.25) is 0 Å². The summed E-state index contributed by atoms with van der Waals surface area (Å²) in [7, 11) is -2.45. The number of rotatable bonds is 4. The summed E-state index contributed by atoms with van der Waals surface area (Å²) >= 11 is 0.807. The molecule has 0 radical (unpaired) electrons. The first kappa shape index (κ1) is 23.3. The van der Waals surface area contributed by atoms with Crippen molar-refractivity contribution in [2.45, 2.75) is 28.4 Å². The van der Waals surface area contributed by atoms with Crippen LogP contribution in [0.1, 0.15) is 11.8 Å². The van der Waals surface area contributed by atoms with Gasteiger partial charge in [0.1, 0.15) is 15.3 Å². The van der Waals surface area contributed by atoms with Crippen LogP contribution in [0, 0.1) is 0 Å². The summed E-state index contributed by atoms with van der Waals surface area (Å²) in [4.78, 5) is 7.02. The van der Waals surface area contributed by atoms with E-state index >= 15 is 0 Å². The molecule has 0 bridgehead atoms. The number of halogens is 6. The number of pyridine rings is 1. The van der Waals surface area contributed by atoms with E-state index in [1.165, 1.54) is 24.6 Å². The molecule has 0 spiro atoms. The second-order valence-electron chi connectivity index (χ2n) is 6.52. The summed E-state index contributed by atoms with van der Waals surface area (Å²) in [5.74, 6) is -0.254. The highest BCUT2D eigenvalue weighted by Gasteiger charge is 2.36. The molecule has 0 saturated carbocycles. The smallest absolute Gasteiger partial charge is 0.311 e. The average Bonchev–Trinajstić information content (AvgIpc) is 3.30. The number of aryl methyl sites for hydroxylation is 1. The first-order valence-electron chi connectivity index (χ1n) is 8.66. The van der Waals surface area contributed by atoms with E-state index in [0.717, 1.165) is 23.6 Å². The van der Waals surface area contributed by atoms with Crippen molar-refractivity contribution in [3.05, 3.63) is 23.2 Å². The van der Waals surface area contributed by atoms with Gasteiger partial charge in [-0.25, -0.2) is 18.4 Å². The Labute approximate surface area is 189 Å². The van der Waals surface area contributed by atoms with Crippen molar-refractivity contribution in [3.63, 3.8) is 0 Å². The summed E-state index contributed by atoms with van der Waals surface area (Å²) in [6, 6.07) is 2.07. The molecule has 32 heavy (non-hydrogen) atoms. The number of thioether (sulfide) groups is 1. The first-order valence-corrected chi connectivity index (χ1v) is 12.8. The molecule has 0 atom stereocenters. The molecule has 172 valence electrons. The molecule has 0 amide bonds. The van der Waals surface area contributed by atoms with Crippen LogP contribution in [0.2, 0.25) is 0 Å². The molecular formula is C17H11F6N3O2S4. The van der Waals surface area contributed by atoms with Crippen molar-refractivity contribution in [1.82, 2.24) is 14.5 Å². The zero-order valence-electron chi connectivity index (χ0n) is 16.0. The van der Waals surface area contributed by atoms with Crippen molar-refractivity contribution in [2.24, 2.45) is 7.05 Å². The van der Waals surface area contributed by atoms with Gasteiger partial charge in [0.15, 0.2) is 21.3 Å². The Morgan fingerprint density at radius 1 is 1.12 bits per heavy atom. The molecule has 4 aromatic heterocycles. The lowest BCUT2D eigenvalue weighted by atomic mass is 10.4. The average molecular weight is 532 g/mol. The summed E-state index contributed by atoms with van der Waals surface area (Å²) in [6.07, 6.45) is -3.59. The molecule has 4 aromatic rings. The fourth-order valence-electron chi connectivity index (χ4n) is 3.03. The first-order chi connectivity index (χ1) is 14.7. The molecule has 0 aliphatic rings. The predicted molar refractivity (Wildman–Crippen MR) is 112 cm³/mol. The Balaban J connectivity index is 1.95. The molecule has 4 heterocycles. The molecule has 5 nitrogen and oxygen atoms in total. The van der Waals surface area contributed by atoms with Crippen molar-refractivity contribution in [1.29, 1.82) is 0 Å². The van der Waals surface area contributed by atoms with Crippen LogP contribution < -0.4 is 0 Å². The number of hydrogen-bond acceptors (Lipinski definition) is 7. The van der Waals surface area contributed by atoms with Crippen molar-refractivity contribution in [3.8, 4) is 10.7 Å². The number of imidazole rings is 1. The number of alkyl halides is 6. The summed E-state index contributed by atoms with van der Waals surface area (Å²) in [6.45, 7) is 1.37. The highest BCUT2D eigenvalue weighted by atomic mass is 32.2. The highest BCUT2D eigenvalue weighted by Crippen LogP contribution is 2.48. The van der Waals surface area contributed by atoms with Gasteiger partial charge in [0.25, 0.3) is 0 Å². The second-order valence-corrected chi connectivity index (χ2v) is 12.0. The maximum Gasteiger partial charge on any atom is 0.446 e. The SMILES string of the molecule is CCS(=O)(=O)c1c(-c2nc3cc(SC(F)(F)F)cnc3n2C)sc2cc(C(F)(F)F)sc12. The van der Waals surface area contributed by atoms with E-state index in [2.05, 4.69) is 9.97 Å². The Kier molecular flexibility index (Phi) is 5.54. The molecule has 4 rings (SSSR count). The number of fused-ring (bicyclic) bond motifs is 2. The van der Waals surface area contributed by atoms with Gasteiger partial charge >= 0.3 is 11.7 Å². The van der Waals surface area contributed by atoms with E-state index in [1.807, 2.05) is 0 Å². The van der Waals surface area contributed by atoms with Crippen LogP contribution in [0.25, 0.3) is 31.3 Å². The lowest BCUT2D eigenvalue weighted by Gasteiger charge is -2.06. The summed E-state index contributed by atoms with van der Waals surface area (Å²) in [5.41, 5.74) is -4.22. The molecule has 0 aliphatic carbocycles. The Hall–Kier alpha value is -1.84. The predicted octanol–water partition coefficient (Wildman–Crippen LogP) is 6.34. The van der Waals surface area contributed by atoms with Crippen molar-refractivity contribution in [2.75, 3.05) is 5.75 Å². The van der Waals surface area contributed by atoms with Gasteiger partial charge in [-0.1, -0.05) is 6.92 Å². The van der Waals surface area contributed by atoms with E-state index in [1.54, 1.807) is 0 Å². The number of nitrogens with zero attached hydrogens (tertiary/aromatic N) is 3. The zero-order chi connectivity index (χ0) is 23.6. The number of hydrogen-bond donors (Lipinski definition) is 0. The maximum atomic E-state index is 13.2. The van der Waals surface area contributed by atoms with Crippen LogP contribution in [0.3, 0.4) is 0 Å². The molecule has 0 aliphatic heterocycles. The summed E-state index contributed by atoms with van der Waals surface area (Å²) in [5, 5.41) is 0. The van der Waals surface area contributed by atoms with Crippen LogP contribution >= 0.6 is 34.4 Å². The lowest BCUT2D eigenvalue weighted by Crippen LogP contribution is -2.05. The van der Waals surface area contributed by atoms with Gasteiger partial charge < -0.3 is 4.57 Å². The third-order valence-electron chi connectivity index (χ3n) is 4.41. The lowest BCUT2D eigenvalue weighted by molar-refractivity contribution is -0.134. The third-order valence-corrected chi connectivity index (χ3v) is 9.61. The second kappa shape index (κ2) is 7.60. The Bertz CT molecular complexity index is 1450.